The van der Waals surface area contributed by atoms with Crippen LogP contribution in [0.5, 0.6) is 5.75 Å². The van der Waals surface area contributed by atoms with Gasteiger partial charge in [0.05, 0.1) is 18.7 Å². The molecule has 1 unspecified atom stereocenters. The van der Waals surface area contributed by atoms with E-state index in [0.717, 1.165) is 21.8 Å². The molecule has 2 rings (SSSR count). The molecule has 0 spiro atoms. The molecule has 1 N–H and O–H groups in total. The topological polar surface area (TPSA) is 41.6 Å². The van der Waals surface area contributed by atoms with Crippen LogP contribution < -0.4 is 10.1 Å². The van der Waals surface area contributed by atoms with Gasteiger partial charge in [0.2, 0.25) is 0 Å². The number of carbonyl (C=O) groups is 1. The molecule has 0 bridgehead atoms. The SMILES string of the molecule is COc1cccc(C(CNC(=O)c2ccccc2SC(C)C)N(C)C)c1. The third kappa shape index (κ3) is 5.51. The Balaban J connectivity index is 2.13. The van der Waals surface area contributed by atoms with Crippen LogP contribution in [0.25, 0.3) is 0 Å². The molecule has 140 valence electrons. The first-order chi connectivity index (χ1) is 12.4. The van der Waals surface area contributed by atoms with Crippen LogP contribution >= 0.6 is 11.8 Å². The van der Waals surface area contributed by atoms with Crippen molar-refractivity contribution in [3.05, 3.63) is 59.7 Å². The average molecular weight is 373 g/mol. The first-order valence-corrected chi connectivity index (χ1v) is 9.64. The van der Waals surface area contributed by atoms with E-state index in [1.165, 1.54) is 0 Å². The number of nitrogens with zero attached hydrogens (tertiary/aromatic N) is 1. The Morgan fingerprint density at radius 2 is 1.88 bits per heavy atom. The Morgan fingerprint density at radius 3 is 2.54 bits per heavy atom. The van der Waals surface area contributed by atoms with E-state index in [2.05, 4.69) is 30.1 Å². The highest BCUT2D eigenvalue weighted by molar-refractivity contribution is 8.00. The number of thioether (sulfide) groups is 1. The third-order valence-corrected chi connectivity index (χ3v) is 5.13. The summed E-state index contributed by atoms with van der Waals surface area (Å²) in [7, 11) is 5.69. The second kappa shape index (κ2) is 9.64. The molecule has 0 fully saturated rings. The van der Waals surface area contributed by atoms with Gasteiger partial charge in [-0.1, -0.05) is 38.1 Å². The predicted molar refractivity (Wildman–Crippen MR) is 109 cm³/mol. The molecule has 1 amide bonds. The van der Waals surface area contributed by atoms with E-state index in [1.807, 2.05) is 56.6 Å². The Kier molecular flexibility index (Phi) is 7.54. The molecule has 26 heavy (non-hydrogen) atoms. The van der Waals surface area contributed by atoms with Crippen molar-refractivity contribution < 1.29 is 9.53 Å². The predicted octanol–water partition coefficient (Wildman–Crippen LogP) is 4.23. The second-order valence-electron chi connectivity index (χ2n) is 6.63. The fraction of sp³-hybridized carbons (Fsp3) is 0.381. The number of benzene rings is 2. The van der Waals surface area contributed by atoms with Gasteiger partial charge >= 0.3 is 0 Å². The number of nitrogens with one attached hydrogen (secondary N) is 1. The Morgan fingerprint density at radius 1 is 1.15 bits per heavy atom. The maximum atomic E-state index is 12.8. The van der Waals surface area contributed by atoms with Crippen LogP contribution in [0.15, 0.2) is 53.4 Å². The number of ether oxygens (including phenoxy) is 1. The fourth-order valence-electron chi connectivity index (χ4n) is 2.74. The van der Waals surface area contributed by atoms with E-state index in [0.29, 0.717) is 11.8 Å². The summed E-state index contributed by atoms with van der Waals surface area (Å²) in [6.45, 7) is 4.79. The number of methoxy groups -OCH3 is 1. The minimum atomic E-state index is -0.0384. The molecule has 0 saturated carbocycles. The van der Waals surface area contributed by atoms with Crippen molar-refractivity contribution in [1.29, 1.82) is 0 Å². The summed E-state index contributed by atoms with van der Waals surface area (Å²) in [6.07, 6.45) is 0. The lowest BCUT2D eigenvalue weighted by Gasteiger charge is -2.25. The molecule has 0 aliphatic heterocycles. The monoisotopic (exact) mass is 372 g/mol. The molecule has 0 aliphatic rings. The minimum absolute atomic E-state index is 0.0384. The van der Waals surface area contributed by atoms with E-state index in [-0.39, 0.29) is 11.9 Å². The summed E-state index contributed by atoms with van der Waals surface area (Å²) < 4.78 is 5.32. The van der Waals surface area contributed by atoms with Crippen LogP contribution in [0.3, 0.4) is 0 Å². The smallest absolute Gasteiger partial charge is 0.252 e. The highest BCUT2D eigenvalue weighted by Gasteiger charge is 2.18. The summed E-state index contributed by atoms with van der Waals surface area (Å²) in [5.41, 5.74) is 1.84. The molecule has 0 aromatic heterocycles. The standard InChI is InChI=1S/C21H28N2O2S/c1-15(2)26-20-12-7-6-11-18(20)21(24)22-14-19(23(3)4)16-9-8-10-17(13-16)25-5/h6-13,15,19H,14H2,1-5H3,(H,22,24). The van der Waals surface area contributed by atoms with Crippen molar-refractivity contribution in [2.24, 2.45) is 0 Å². The molecule has 2 aromatic rings. The molecule has 0 aliphatic carbocycles. The van der Waals surface area contributed by atoms with E-state index in [4.69, 9.17) is 4.74 Å². The van der Waals surface area contributed by atoms with Gasteiger partial charge in [-0.25, -0.2) is 0 Å². The van der Waals surface area contributed by atoms with E-state index < -0.39 is 0 Å². The van der Waals surface area contributed by atoms with Gasteiger partial charge < -0.3 is 15.0 Å². The zero-order valence-corrected chi connectivity index (χ0v) is 17.0. The van der Waals surface area contributed by atoms with Crippen molar-refractivity contribution in [2.45, 2.75) is 30.0 Å². The van der Waals surface area contributed by atoms with Gasteiger partial charge in [0, 0.05) is 16.7 Å². The summed E-state index contributed by atoms with van der Waals surface area (Å²) in [6, 6.07) is 15.8. The molecule has 2 aromatic carbocycles. The number of carbonyl (C=O) groups excluding carboxylic acids is 1. The number of hydrogen-bond donors (Lipinski definition) is 1. The van der Waals surface area contributed by atoms with Gasteiger partial charge in [-0.15, -0.1) is 11.8 Å². The zero-order valence-electron chi connectivity index (χ0n) is 16.2. The molecule has 5 heteroatoms. The van der Waals surface area contributed by atoms with Crippen LogP contribution in [-0.2, 0) is 0 Å². The van der Waals surface area contributed by atoms with Gasteiger partial charge in [-0.2, -0.15) is 0 Å². The maximum Gasteiger partial charge on any atom is 0.252 e. The summed E-state index contributed by atoms with van der Waals surface area (Å²) in [5.74, 6) is 0.780. The first-order valence-electron chi connectivity index (χ1n) is 8.76. The molecule has 0 radical (unpaired) electrons. The largest absolute Gasteiger partial charge is 0.497 e. The van der Waals surface area contributed by atoms with Crippen molar-refractivity contribution >= 4 is 17.7 Å². The van der Waals surface area contributed by atoms with Gasteiger partial charge in [0.1, 0.15) is 5.75 Å². The lowest BCUT2D eigenvalue weighted by molar-refractivity contribution is 0.0939. The van der Waals surface area contributed by atoms with Crippen LogP contribution in [0, 0.1) is 0 Å². The van der Waals surface area contributed by atoms with Gasteiger partial charge in [-0.05, 0) is 43.9 Å². The summed E-state index contributed by atoms with van der Waals surface area (Å²) in [5, 5.41) is 3.52. The summed E-state index contributed by atoms with van der Waals surface area (Å²) >= 11 is 1.71. The van der Waals surface area contributed by atoms with Crippen LogP contribution in [0.2, 0.25) is 0 Å². The average Bonchev–Trinajstić information content (AvgIpc) is 2.61. The second-order valence-corrected chi connectivity index (χ2v) is 8.25. The zero-order chi connectivity index (χ0) is 19.1. The molecule has 1 atom stereocenters. The van der Waals surface area contributed by atoms with Crippen molar-refractivity contribution in [3.8, 4) is 5.75 Å². The Labute approximate surface area is 160 Å². The van der Waals surface area contributed by atoms with Crippen LogP contribution in [-0.4, -0.2) is 43.8 Å². The fourth-order valence-corrected chi connectivity index (χ4v) is 3.70. The minimum Gasteiger partial charge on any atom is -0.497 e. The highest BCUT2D eigenvalue weighted by atomic mass is 32.2. The highest BCUT2D eigenvalue weighted by Crippen LogP contribution is 2.27. The van der Waals surface area contributed by atoms with E-state index >= 15 is 0 Å². The van der Waals surface area contributed by atoms with E-state index in [1.54, 1.807) is 18.9 Å². The first kappa shape index (κ1) is 20.3. The normalized spacial score (nSPS) is 12.3. The molecule has 4 nitrogen and oxygen atoms in total. The maximum absolute atomic E-state index is 12.8. The van der Waals surface area contributed by atoms with Crippen LogP contribution in [0.1, 0.15) is 35.8 Å². The van der Waals surface area contributed by atoms with Gasteiger partial charge in [0.15, 0.2) is 0 Å². The quantitative estimate of drug-likeness (QED) is 0.704. The Hall–Kier alpha value is -1.98. The number of amides is 1. The number of rotatable bonds is 8. The molecular formula is C21H28N2O2S. The third-order valence-electron chi connectivity index (χ3n) is 4.05. The molecular weight excluding hydrogens is 344 g/mol. The Bertz CT molecular complexity index is 731. The van der Waals surface area contributed by atoms with Gasteiger partial charge in [0.25, 0.3) is 5.91 Å². The number of hydrogen-bond acceptors (Lipinski definition) is 4. The molecule has 0 saturated heterocycles. The van der Waals surface area contributed by atoms with Crippen molar-refractivity contribution in [1.82, 2.24) is 10.2 Å². The summed E-state index contributed by atoms with van der Waals surface area (Å²) in [4.78, 5) is 15.9. The van der Waals surface area contributed by atoms with Crippen molar-refractivity contribution in [2.75, 3.05) is 27.7 Å². The van der Waals surface area contributed by atoms with E-state index in [9.17, 15) is 4.79 Å². The number of likely N-dealkylation sites (N-methyl/N-ethyl adjacent to an activating group) is 1. The van der Waals surface area contributed by atoms with Crippen LogP contribution in [0.4, 0.5) is 0 Å². The lowest BCUT2D eigenvalue weighted by atomic mass is 10.1. The van der Waals surface area contributed by atoms with Gasteiger partial charge in [-0.3, -0.25) is 4.79 Å². The molecule has 0 heterocycles. The lowest BCUT2D eigenvalue weighted by Crippen LogP contribution is -2.34. The van der Waals surface area contributed by atoms with Crippen molar-refractivity contribution in [3.63, 3.8) is 0 Å².